The van der Waals surface area contributed by atoms with Crippen LogP contribution in [0.25, 0.3) is 0 Å². The number of hydrogen-bond acceptors (Lipinski definition) is 2. The second-order valence-corrected chi connectivity index (χ2v) is 5.63. The molecule has 94 valence electrons. The lowest BCUT2D eigenvalue weighted by atomic mass is 10.1. The molecular weight excluding hydrogens is 218 g/mol. The van der Waals surface area contributed by atoms with Crippen molar-refractivity contribution in [2.24, 2.45) is 17.3 Å². The largest absolute Gasteiger partial charge is 0.481 e. The zero-order chi connectivity index (χ0) is 12.8. The van der Waals surface area contributed by atoms with E-state index in [4.69, 9.17) is 5.11 Å². The maximum Gasteiger partial charge on any atom is 0.307 e. The minimum atomic E-state index is -0.859. The van der Waals surface area contributed by atoms with Gasteiger partial charge in [0.25, 0.3) is 0 Å². The highest BCUT2D eigenvalue weighted by Crippen LogP contribution is 2.59. The van der Waals surface area contributed by atoms with Crippen molar-refractivity contribution in [1.29, 1.82) is 0 Å². The quantitative estimate of drug-likeness (QED) is 0.737. The van der Waals surface area contributed by atoms with Crippen molar-refractivity contribution in [3.63, 3.8) is 0 Å². The van der Waals surface area contributed by atoms with Gasteiger partial charge < -0.3 is 10.0 Å². The van der Waals surface area contributed by atoms with E-state index in [1.54, 1.807) is 11.0 Å². The van der Waals surface area contributed by atoms with Crippen LogP contribution in [0.3, 0.4) is 0 Å². The van der Waals surface area contributed by atoms with Gasteiger partial charge in [0.1, 0.15) is 0 Å². The minimum Gasteiger partial charge on any atom is -0.481 e. The van der Waals surface area contributed by atoms with Crippen LogP contribution in [0.5, 0.6) is 0 Å². The Balaban J connectivity index is 2.09. The lowest BCUT2D eigenvalue weighted by Gasteiger charge is -2.21. The van der Waals surface area contributed by atoms with E-state index in [1.165, 1.54) is 0 Å². The predicted molar refractivity (Wildman–Crippen MR) is 63.3 cm³/mol. The third-order valence-corrected chi connectivity index (χ3v) is 3.96. The highest BCUT2D eigenvalue weighted by atomic mass is 16.4. The highest BCUT2D eigenvalue weighted by molar-refractivity contribution is 5.92. The van der Waals surface area contributed by atoms with Crippen molar-refractivity contribution in [2.45, 2.75) is 32.7 Å². The summed E-state index contributed by atoms with van der Waals surface area (Å²) in [6.45, 7) is 7.89. The topological polar surface area (TPSA) is 57.6 Å². The van der Waals surface area contributed by atoms with Gasteiger partial charge in [-0.05, 0) is 18.3 Å². The van der Waals surface area contributed by atoms with Crippen LogP contribution in [0.15, 0.2) is 12.7 Å². The standard InChI is InChI=1S/C13H19NO3/c1-4-7-14(8-5-6-8)11(15)9-10(12(16)17)13(9,2)3/h4,8-10H,1,5-7H2,2-3H3,(H,16,17)/t9-,10+/m1/s1. The van der Waals surface area contributed by atoms with Crippen LogP contribution in [0.1, 0.15) is 26.7 Å². The average molecular weight is 237 g/mol. The Morgan fingerprint density at radius 2 is 2.00 bits per heavy atom. The molecule has 2 fully saturated rings. The molecule has 4 nitrogen and oxygen atoms in total. The molecule has 4 heteroatoms. The second kappa shape index (κ2) is 3.86. The third-order valence-electron chi connectivity index (χ3n) is 3.96. The van der Waals surface area contributed by atoms with Gasteiger partial charge in [0, 0.05) is 12.6 Å². The smallest absolute Gasteiger partial charge is 0.307 e. The number of amides is 1. The fourth-order valence-electron chi connectivity index (χ4n) is 2.68. The Hall–Kier alpha value is -1.32. The van der Waals surface area contributed by atoms with Gasteiger partial charge in [0.05, 0.1) is 11.8 Å². The molecule has 1 N–H and O–H groups in total. The number of hydrogen-bond donors (Lipinski definition) is 1. The van der Waals surface area contributed by atoms with E-state index in [-0.39, 0.29) is 11.8 Å². The summed E-state index contributed by atoms with van der Waals surface area (Å²) in [4.78, 5) is 25.2. The molecule has 0 unspecified atom stereocenters. The molecule has 2 atom stereocenters. The molecule has 2 rings (SSSR count). The summed E-state index contributed by atoms with van der Waals surface area (Å²) < 4.78 is 0. The van der Waals surface area contributed by atoms with Crippen LogP contribution < -0.4 is 0 Å². The first-order chi connectivity index (χ1) is 7.91. The van der Waals surface area contributed by atoms with Crippen LogP contribution in [-0.2, 0) is 9.59 Å². The minimum absolute atomic E-state index is 0.00944. The Morgan fingerprint density at radius 1 is 1.41 bits per heavy atom. The molecule has 0 spiro atoms. The Bertz CT molecular complexity index is 371. The van der Waals surface area contributed by atoms with E-state index in [1.807, 2.05) is 13.8 Å². The second-order valence-electron chi connectivity index (χ2n) is 5.63. The summed E-state index contributed by atoms with van der Waals surface area (Å²) in [6.07, 6.45) is 3.77. The van der Waals surface area contributed by atoms with Gasteiger partial charge in [0.2, 0.25) is 5.91 Å². The maximum absolute atomic E-state index is 12.3. The van der Waals surface area contributed by atoms with Crippen LogP contribution >= 0.6 is 0 Å². The first kappa shape index (κ1) is 12.1. The van der Waals surface area contributed by atoms with Crippen molar-refractivity contribution in [3.05, 3.63) is 12.7 Å². The summed E-state index contributed by atoms with van der Waals surface area (Å²) >= 11 is 0. The molecule has 1 amide bonds. The number of carbonyl (C=O) groups excluding carboxylic acids is 1. The van der Waals surface area contributed by atoms with Gasteiger partial charge in [-0.15, -0.1) is 6.58 Å². The van der Waals surface area contributed by atoms with E-state index in [0.717, 1.165) is 12.8 Å². The van der Waals surface area contributed by atoms with Crippen LogP contribution in [0.2, 0.25) is 0 Å². The average Bonchev–Trinajstić information content (AvgIpc) is 3.09. The van der Waals surface area contributed by atoms with Gasteiger partial charge in [-0.3, -0.25) is 9.59 Å². The number of rotatable bonds is 5. The first-order valence-electron chi connectivity index (χ1n) is 6.05. The molecular formula is C13H19NO3. The normalized spacial score (nSPS) is 29.5. The van der Waals surface area contributed by atoms with Crippen molar-refractivity contribution in [3.8, 4) is 0 Å². The van der Waals surface area contributed by atoms with Crippen molar-refractivity contribution in [2.75, 3.05) is 6.54 Å². The molecule has 2 aliphatic rings. The summed E-state index contributed by atoms with van der Waals surface area (Å²) in [5, 5.41) is 9.08. The van der Waals surface area contributed by atoms with Gasteiger partial charge in [-0.2, -0.15) is 0 Å². The fraction of sp³-hybridized carbons (Fsp3) is 0.692. The van der Waals surface area contributed by atoms with Crippen molar-refractivity contribution < 1.29 is 14.7 Å². The molecule has 0 aromatic rings. The number of carboxylic acids is 1. The van der Waals surface area contributed by atoms with E-state index >= 15 is 0 Å². The van der Waals surface area contributed by atoms with E-state index in [9.17, 15) is 9.59 Å². The third kappa shape index (κ3) is 1.96. The van der Waals surface area contributed by atoms with E-state index < -0.39 is 17.3 Å². The van der Waals surface area contributed by atoms with Gasteiger partial charge in [-0.1, -0.05) is 19.9 Å². The molecule has 0 saturated heterocycles. The van der Waals surface area contributed by atoms with E-state index in [2.05, 4.69) is 6.58 Å². The zero-order valence-electron chi connectivity index (χ0n) is 10.3. The van der Waals surface area contributed by atoms with Crippen molar-refractivity contribution in [1.82, 2.24) is 4.90 Å². The van der Waals surface area contributed by atoms with Crippen LogP contribution in [0, 0.1) is 17.3 Å². The molecule has 0 bridgehead atoms. The SMILES string of the molecule is C=CCN(C(=O)[C@H]1[C@@H](C(=O)O)C1(C)C)C1CC1. The lowest BCUT2D eigenvalue weighted by molar-refractivity contribution is -0.142. The molecule has 0 heterocycles. The number of nitrogens with zero attached hydrogens (tertiary/aromatic N) is 1. The number of aliphatic carboxylic acids is 1. The van der Waals surface area contributed by atoms with E-state index in [0.29, 0.717) is 12.6 Å². The Morgan fingerprint density at radius 3 is 2.35 bits per heavy atom. The molecule has 17 heavy (non-hydrogen) atoms. The summed E-state index contributed by atoms with van der Waals surface area (Å²) in [7, 11) is 0. The predicted octanol–water partition coefficient (Wildman–Crippen LogP) is 1.52. The monoisotopic (exact) mass is 237 g/mol. The molecule has 2 saturated carbocycles. The molecule has 0 aromatic heterocycles. The Kier molecular flexibility index (Phi) is 2.76. The highest BCUT2D eigenvalue weighted by Gasteiger charge is 2.67. The fourth-order valence-corrected chi connectivity index (χ4v) is 2.68. The molecule has 2 aliphatic carbocycles. The first-order valence-corrected chi connectivity index (χ1v) is 6.05. The molecule has 0 aliphatic heterocycles. The molecule has 0 aromatic carbocycles. The van der Waals surface area contributed by atoms with Gasteiger partial charge in [-0.25, -0.2) is 0 Å². The Labute approximate surface area is 101 Å². The molecule has 0 radical (unpaired) electrons. The lowest BCUT2D eigenvalue weighted by Crippen LogP contribution is -2.35. The van der Waals surface area contributed by atoms with Crippen LogP contribution in [-0.4, -0.2) is 34.5 Å². The van der Waals surface area contributed by atoms with Crippen molar-refractivity contribution >= 4 is 11.9 Å². The summed E-state index contributed by atoms with van der Waals surface area (Å²) in [5.74, 6) is -1.76. The van der Waals surface area contributed by atoms with Gasteiger partial charge in [0.15, 0.2) is 0 Å². The zero-order valence-corrected chi connectivity index (χ0v) is 10.3. The maximum atomic E-state index is 12.3. The summed E-state index contributed by atoms with van der Waals surface area (Å²) in [6, 6.07) is 0.311. The van der Waals surface area contributed by atoms with Gasteiger partial charge >= 0.3 is 5.97 Å². The summed E-state index contributed by atoms with van der Waals surface area (Å²) in [5.41, 5.74) is -0.406. The number of carbonyl (C=O) groups is 2. The number of carboxylic acid groups (broad SMARTS) is 1. The van der Waals surface area contributed by atoms with Crippen LogP contribution in [0.4, 0.5) is 0 Å².